The molecule has 1 N–H and O–H groups in total. The second-order valence-electron chi connectivity index (χ2n) is 4.79. The van der Waals surface area contributed by atoms with E-state index in [1.807, 2.05) is 0 Å². The molecule has 0 aromatic carbocycles. The molecule has 19 heavy (non-hydrogen) atoms. The smallest absolute Gasteiger partial charge is 0.371 e. The maximum Gasteiger partial charge on any atom is 0.371 e. The van der Waals surface area contributed by atoms with Gasteiger partial charge in [0, 0.05) is 17.5 Å². The summed E-state index contributed by atoms with van der Waals surface area (Å²) in [6.45, 7) is 1.58. The van der Waals surface area contributed by atoms with Crippen LogP contribution in [0.2, 0.25) is 0 Å². The highest BCUT2D eigenvalue weighted by atomic mass is 32.1. The molecule has 1 saturated carbocycles. The Hall–Kier alpha value is -1.59. The van der Waals surface area contributed by atoms with Gasteiger partial charge in [-0.15, -0.1) is 11.3 Å². The minimum absolute atomic E-state index is 0.0156. The maximum atomic E-state index is 10.8. The van der Waals surface area contributed by atoms with Crippen molar-refractivity contribution in [3.05, 3.63) is 46.0 Å². The van der Waals surface area contributed by atoms with Crippen LogP contribution in [-0.4, -0.2) is 22.0 Å². The summed E-state index contributed by atoms with van der Waals surface area (Å²) in [7, 11) is 0. The van der Waals surface area contributed by atoms with E-state index in [2.05, 4.69) is 22.4 Å². The van der Waals surface area contributed by atoms with E-state index in [1.165, 1.54) is 23.8 Å². The van der Waals surface area contributed by atoms with Gasteiger partial charge < -0.3 is 9.52 Å². The monoisotopic (exact) mass is 277 g/mol. The minimum Gasteiger partial charge on any atom is -0.475 e. The fraction of sp³-hybridized carbons (Fsp3) is 0.357. The molecule has 0 spiro atoms. The molecule has 2 heterocycles. The molecular formula is C14H15NO3S. The van der Waals surface area contributed by atoms with Crippen molar-refractivity contribution in [1.82, 2.24) is 4.90 Å². The van der Waals surface area contributed by atoms with Crippen molar-refractivity contribution in [3.8, 4) is 0 Å². The van der Waals surface area contributed by atoms with Crippen LogP contribution in [0.25, 0.3) is 0 Å². The van der Waals surface area contributed by atoms with Crippen molar-refractivity contribution in [3.63, 3.8) is 0 Å². The van der Waals surface area contributed by atoms with Crippen LogP contribution < -0.4 is 0 Å². The first-order valence-electron chi connectivity index (χ1n) is 6.31. The van der Waals surface area contributed by atoms with E-state index >= 15 is 0 Å². The number of carboxylic acids is 1. The van der Waals surface area contributed by atoms with Crippen LogP contribution in [0.4, 0.5) is 0 Å². The molecule has 0 radical (unpaired) electrons. The summed E-state index contributed by atoms with van der Waals surface area (Å²) >= 11 is 1.75. The SMILES string of the molecule is O=C(O)c1ccc(CN(Cc2cccs2)C2CC2)o1. The Morgan fingerprint density at radius 2 is 2.21 bits per heavy atom. The summed E-state index contributed by atoms with van der Waals surface area (Å²) in [6.07, 6.45) is 2.44. The zero-order chi connectivity index (χ0) is 13.2. The number of aromatic carboxylic acids is 1. The fourth-order valence-corrected chi connectivity index (χ4v) is 2.86. The van der Waals surface area contributed by atoms with Crippen LogP contribution in [0, 0.1) is 0 Å². The highest BCUT2D eigenvalue weighted by Gasteiger charge is 2.30. The summed E-state index contributed by atoms with van der Waals surface area (Å²) in [5.41, 5.74) is 0. The molecule has 0 bridgehead atoms. The van der Waals surface area contributed by atoms with E-state index in [-0.39, 0.29) is 5.76 Å². The van der Waals surface area contributed by atoms with Crippen molar-refractivity contribution in [2.45, 2.75) is 32.0 Å². The van der Waals surface area contributed by atoms with Crippen LogP contribution in [0.15, 0.2) is 34.1 Å². The molecule has 3 rings (SSSR count). The van der Waals surface area contributed by atoms with Gasteiger partial charge in [0.1, 0.15) is 5.76 Å². The molecule has 1 aliphatic rings. The van der Waals surface area contributed by atoms with Crippen molar-refractivity contribution in [1.29, 1.82) is 0 Å². The van der Waals surface area contributed by atoms with Crippen LogP contribution in [0.3, 0.4) is 0 Å². The van der Waals surface area contributed by atoms with Gasteiger partial charge >= 0.3 is 5.97 Å². The molecular weight excluding hydrogens is 262 g/mol. The van der Waals surface area contributed by atoms with E-state index in [0.29, 0.717) is 12.6 Å². The zero-order valence-electron chi connectivity index (χ0n) is 10.4. The predicted molar refractivity (Wildman–Crippen MR) is 72.3 cm³/mol. The zero-order valence-corrected chi connectivity index (χ0v) is 11.2. The first-order valence-corrected chi connectivity index (χ1v) is 7.19. The van der Waals surface area contributed by atoms with Crippen LogP contribution in [0.1, 0.15) is 34.0 Å². The van der Waals surface area contributed by atoms with Crippen LogP contribution >= 0.6 is 11.3 Å². The number of carbonyl (C=O) groups is 1. The van der Waals surface area contributed by atoms with E-state index < -0.39 is 5.97 Å². The van der Waals surface area contributed by atoms with Crippen LogP contribution in [0.5, 0.6) is 0 Å². The topological polar surface area (TPSA) is 53.7 Å². The normalized spacial score (nSPS) is 15.0. The van der Waals surface area contributed by atoms with Crippen molar-refractivity contribution in [2.24, 2.45) is 0 Å². The van der Waals surface area contributed by atoms with Crippen molar-refractivity contribution < 1.29 is 14.3 Å². The van der Waals surface area contributed by atoms with Gasteiger partial charge in [-0.2, -0.15) is 0 Å². The van der Waals surface area contributed by atoms with Gasteiger partial charge in [0.05, 0.1) is 6.54 Å². The van der Waals surface area contributed by atoms with Gasteiger partial charge in [0.2, 0.25) is 5.76 Å². The lowest BCUT2D eigenvalue weighted by Crippen LogP contribution is -2.24. The number of thiophene rings is 1. The Morgan fingerprint density at radius 1 is 1.37 bits per heavy atom. The third kappa shape index (κ3) is 3.05. The molecule has 2 aromatic rings. The lowest BCUT2D eigenvalue weighted by molar-refractivity contribution is 0.0658. The summed E-state index contributed by atoms with van der Waals surface area (Å²) in [5, 5.41) is 10.9. The van der Waals surface area contributed by atoms with Gasteiger partial charge in [-0.25, -0.2) is 4.79 Å². The minimum atomic E-state index is -1.01. The molecule has 2 aromatic heterocycles. The number of carboxylic acid groups (broad SMARTS) is 1. The number of hydrogen-bond donors (Lipinski definition) is 1. The molecule has 0 atom stereocenters. The first-order chi connectivity index (χ1) is 9.22. The summed E-state index contributed by atoms with van der Waals surface area (Å²) in [6, 6.07) is 8.08. The van der Waals surface area contributed by atoms with Gasteiger partial charge in [0.25, 0.3) is 0 Å². The third-order valence-corrected chi connectivity index (χ3v) is 4.09. The van der Waals surface area contributed by atoms with Gasteiger partial charge in [-0.05, 0) is 36.4 Å². The predicted octanol–water partition coefficient (Wildman–Crippen LogP) is 3.20. The Morgan fingerprint density at radius 3 is 2.79 bits per heavy atom. The number of furan rings is 1. The molecule has 1 fully saturated rings. The quantitative estimate of drug-likeness (QED) is 0.881. The second kappa shape index (κ2) is 5.19. The van der Waals surface area contributed by atoms with Crippen molar-refractivity contribution in [2.75, 3.05) is 0 Å². The number of hydrogen-bond acceptors (Lipinski definition) is 4. The van der Waals surface area contributed by atoms with E-state index in [1.54, 1.807) is 17.4 Å². The Kier molecular flexibility index (Phi) is 3.40. The van der Waals surface area contributed by atoms with Gasteiger partial charge in [-0.3, -0.25) is 4.90 Å². The average molecular weight is 277 g/mol. The molecule has 1 aliphatic carbocycles. The van der Waals surface area contributed by atoms with Gasteiger partial charge in [0.15, 0.2) is 0 Å². The molecule has 4 nitrogen and oxygen atoms in total. The average Bonchev–Trinajstić information content (AvgIpc) is 2.90. The summed E-state index contributed by atoms with van der Waals surface area (Å²) < 4.78 is 5.33. The molecule has 0 saturated heterocycles. The molecule has 0 aliphatic heterocycles. The first kappa shape index (κ1) is 12.4. The fourth-order valence-electron chi connectivity index (χ4n) is 2.13. The Bertz CT molecular complexity index is 557. The standard InChI is InChI=1S/C14H15NO3S/c16-14(17)13-6-5-11(18-13)8-15(10-3-4-10)9-12-2-1-7-19-12/h1-2,5-7,10H,3-4,8-9H2,(H,16,17). The highest BCUT2D eigenvalue weighted by molar-refractivity contribution is 7.09. The Balaban J connectivity index is 1.68. The maximum absolute atomic E-state index is 10.8. The van der Waals surface area contributed by atoms with Crippen LogP contribution in [-0.2, 0) is 13.1 Å². The van der Waals surface area contributed by atoms with E-state index in [0.717, 1.165) is 12.3 Å². The summed E-state index contributed by atoms with van der Waals surface area (Å²) in [5.74, 6) is -0.273. The van der Waals surface area contributed by atoms with E-state index in [4.69, 9.17) is 9.52 Å². The highest BCUT2D eigenvalue weighted by Crippen LogP contribution is 2.30. The van der Waals surface area contributed by atoms with Crippen molar-refractivity contribution >= 4 is 17.3 Å². The second-order valence-corrected chi connectivity index (χ2v) is 5.82. The molecule has 0 amide bonds. The summed E-state index contributed by atoms with van der Waals surface area (Å²) in [4.78, 5) is 14.5. The largest absolute Gasteiger partial charge is 0.475 e. The van der Waals surface area contributed by atoms with E-state index in [9.17, 15) is 4.79 Å². The number of nitrogens with zero attached hydrogens (tertiary/aromatic N) is 1. The lowest BCUT2D eigenvalue weighted by atomic mass is 10.3. The molecule has 5 heteroatoms. The lowest BCUT2D eigenvalue weighted by Gasteiger charge is -2.19. The number of rotatable bonds is 6. The molecule has 0 unspecified atom stereocenters. The van der Waals surface area contributed by atoms with Gasteiger partial charge in [-0.1, -0.05) is 6.07 Å². The molecule has 100 valence electrons. The third-order valence-electron chi connectivity index (χ3n) is 3.23. The Labute approximate surface area is 115 Å².